The highest BCUT2D eigenvalue weighted by molar-refractivity contribution is 6.24. The summed E-state index contributed by atoms with van der Waals surface area (Å²) >= 11 is 0. The van der Waals surface area contributed by atoms with Crippen LogP contribution in [0.15, 0.2) is 36.4 Å². The molecule has 0 saturated carbocycles. The van der Waals surface area contributed by atoms with Crippen molar-refractivity contribution in [3.05, 3.63) is 42.0 Å². The summed E-state index contributed by atoms with van der Waals surface area (Å²) < 4.78 is 0. The number of Topliss-reactive ketones (excluding diaryl/α,β-unsaturated/α-hetero) is 1. The van der Waals surface area contributed by atoms with Crippen LogP contribution in [0.2, 0.25) is 0 Å². The quantitative estimate of drug-likeness (QED) is 0.783. The van der Waals surface area contributed by atoms with Crippen molar-refractivity contribution in [2.45, 2.75) is 6.42 Å². The van der Waals surface area contributed by atoms with Gasteiger partial charge in [-0.2, -0.15) is 15.4 Å². The first-order valence-electron chi connectivity index (χ1n) is 5.06. The number of carbonyl (C=O) groups is 1. The Morgan fingerprint density at radius 3 is 3.06 bits per heavy atom. The Morgan fingerprint density at radius 1 is 1.25 bits per heavy atom. The number of H-pyrrole nitrogens is 1. The predicted octanol–water partition coefficient (Wildman–Crippen LogP) is 1.87. The summed E-state index contributed by atoms with van der Waals surface area (Å²) in [5.74, 6) is 0.123. The van der Waals surface area contributed by atoms with Crippen LogP contribution in [0.4, 0.5) is 0 Å². The number of fused-ring (bicyclic) bond motifs is 1. The highest BCUT2D eigenvalue weighted by Crippen LogP contribution is 2.25. The number of allylic oxidation sites excluding steroid dienone is 4. The van der Waals surface area contributed by atoms with Gasteiger partial charge < -0.3 is 0 Å². The molecule has 1 heterocycles. The van der Waals surface area contributed by atoms with Gasteiger partial charge in [0.1, 0.15) is 11.0 Å². The second-order valence-corrected chi connectivity index (χ2v) is 3.63. The molecule has 0 saturated heterocycles. The van der Waals surface area contributed by atoms with Crippen molar-refractivity contribution in [3.63, 3.8) is 0 Å². The summed E-state index contributed by atoms with van der Waals surface area (Å²) in [6, 6.07) is 5.65. The number of para-hydroxylation sites is 1. The number of aromatic amines is 1. The lowest BCUT2D eigenvalue weighted by Crippen LogP contribution is -2.03. The summed E-state index contributed by atoms with van der Waals surface area (Å²) in [4.78, 5) is 11.8. The first kappa shape index (κ1) is 9.03. The number of benzene rings is 1. The van der Waals surface area contributed by atoms with Crippen LogP contribution in [0.5, 0.6) is 0 Å². The van der Waals surface area contributed by atoms with Crippen molar-refractivity contribution in [3.8, 4) is 0 Å². The molecule has 0 spiro atoms. The van der Waals surface area contributed by atoms with E-state index in [0.29, 0.717) is 12.0 Å². The average molecular weight is 211 g/mol. The molecular weight excluding hydrogens is 202 g/mol. The minimum Gasteiger partial charge on any atom is -0.294 e. The fraction of sp³-hybridized carbons (Fsp3) is 0.0833. The zero-order valence-electron chi connectivity index (χ0n) is 8.47. The van der Waals surface area contributed by atoms with E-state index in [1.54, 1.807) is 0 Å². The van der Waals surface area contributed by atoms with Gasteiger partial charge in [0.15, 0.2) is 5.78 Å². The zero-order valence-corrected chi connectivity index (χ0v) is 8.47. The molecule has 1 aliphatic carbocycles. The molecule has 78 valence electrons. The molecule has 0 fully saturated rings. The number of nitrogens with one attached hydrogen (secondary N) is 1. The smallest absolute Gasteiger partial charge is 0.167 e. The van der Waals surface area contributed by atoms with Crippen LogP contribution in [0.3, 0.4) is 0 Å². The van der Waals surface area contributed by atoms with Gasteiger partial charge >= 0.3 is 0 Å². The Kier molecular flexibility index (Phi) is 1.93. The maximum Gasteiger partial charge on any atom is 0.167 e. The van der Waals surface area contributed by atoms with Gasteiger partial charge in [-0.05, 0) is 6.07 Å². The van der Waals surface area contributed by atoms with E-state index in [4.69, 9.17) is 0 Å². The number of aromatic nitrogens is 3. The predicted molar refractivity (Wildman–Crippen MR) is 60.6 cm³/mol. The van der Waals surface area contributed by atoms with Gasteiger partial charge in [0, 0.05) is 17.6 Å². The second-order valence-electron chi connectivity index (χ2n) is 3.63. The maximum atomic E-state index is 11.8. The Hall–Kier alpha value is -2.23. The van der Waals surface area contributed by atoms with Gasteiger partial charge in [0.25, 0.3) is 0 Å². The summed E-state index contributed by atoms with van der Waals surface area (Å²) in [7, 11) is 0. The minimum atomic E-state index is 0.123. The van der Waals surface area contributed by atoms with E-state index < -0.39 is 0 Å². The SMILES string of the molecule is O=C1CC=CC=C1c1cccc2n[nH]nc12. The van der Waals surface area contributed by atoms with Gasteiger partial charge in [-0.25, -0.2) is 0 Å². The van der Waals surface area contributed by atoms with Crippen LogP contribution in [0.1, 0.15) is 12.0 Å². The number of nitrogens with zero attached hydrogens (tertiary/aromatic N) is 2. The molecule has 16 heavy (non-hydrogen) atoms. The fourth-order valence-electron chi connectivity index (χ4n) is 1.87. The third-order valence-corrected chi connectivity index (χ3v) is 2.64. The zero-order chi connectivity index (χ0) is 11.0. The molecule has 4 nitrogen and oxygen atoms in total. The van der Waals surface area contributed by atoms with Crippen molar-refractivity contribution < 1.29 is 4.79 Å². The number of hydrogen-bond acceptors (Lipinski definition) is 3. The Balaban J connectivity index is 2.25. The standard InChI is InChI=1S/C12H9N3O/c16-11-7-2-1-4-8(11)9-5-3-6-10-12(9)14-15-13-10/h1-6H,7H2,(H,13,14,15). The van der Waals surface area contributed by atoms with E-state index in [-0.39, 0.29) is 5.78 Å². The Morgan fingerprint density at radius 2 is 2.19 bits per heavy atom. The molecule has 1 N–H and O–H groups in total. The van der Waals surface area contributed by atoms with E-state index in [2.05, 4.69) is 15.4 Å². The normalized spacial score (nSPS) is 15.5. The van der Waals surface area contributed by atoms with E-state index in [1.807, 2.05) is 36.4 Å². The summed E-state index contributed by atoms with van der Waals surface area (Å²) in [6.07, 6.45) is 6.04. The molecule has 3 rings (SSSR count). The van der Waals surface area contributed by atoms with Crippen molar-refractivity contribution in [2.24, 2.45) is 0 Å². The third kappa shape index (κ3) is 1.27. The van der Waals surface area contributed by atoms with E-state index in [0.717, 1.165) is 16.6 Å². The lowest BCUT2D eigenvalue weighted by Gasteiger charge is -2.07. The van der Waals surface area contributed by atoms with Crippen molar-refractivity contribution in [2.75, 3.05) is 0 Å². The molecule has 1 aromatic heterocycles. The number of ketones is 1. The molecule has 0 amide bonds. The second kappa shape index (κ2) is 3.41. The maximum absolute atomic E-state index is 11.8. The minimum absolute atomic E-state index is 0.123. The van der Waals surface area contributed by atoms with E-state index in [1.165, 1.54) is 0 Å². The van der Waals surface area contributed by atoms with Crippen LogP contribution >= 0.6 is 0 Å². The summed E-state index contributed by atoms with van der Waals surface area (Å²) in [6.45, 7) is 0. The first-order chi connectivity index (χ1) is 7.86. The molecule has 2 aromatic rings. The molecule has 0 radical (unpaired) electrons. The van der Waals surface area contributed by atoms with Gasteiger partial charge in [0.05, 0.1) is 0 Å². The summed E-state index contributed by atoms with van der Waals surface area (Å²) in [5, 5.41) is 10.7. The highest BCUT2D eigenvalue weighted by Gasteiger charge is 2.16. The van der Waals surface area contributed by atoms with E-state index in [9.17, 15) is 4.79 Å². The van der Waals surface area contributed by atoms with Crippen molar-refractivity contribution >= 4 is 22.4 Å². The summed E-state index contributed by atoms with van der Waals surface area (Å²) in [5.41, 5.74) is 3.08. The first-order valence-corrected chi connectivity index (χ1v) is 5.06. The molecule has 0 bridgehead atoms. The Bertz CT molecular complexity index is 622. The molecule has 0 atom stereocenters. The lowest BCUT2D eigenvalue weighted by molar-refractivity contribution is -0.113. The van der Waals surface area contributed by atoms with Gasteiger partial charge in [0.2, 0.25) is 0 Å². The van der Waals surface area contributed by atoms with Crippen LogP contribution in [0, 0.1) is 0 Å². The number of carbonyl (C=O) groups excluding carboxylic acids is 1. The monoisotopic (exact) mass is 211 g/mol. The van der Waals surface area contributed by atoms with Gasteiger partial charge in [-0.15, -0.1) is 0 Å². The van der Waals surface area contributed by atoms with E-state index >= 15 is 0 Å². The van der Waals surface area contributed by atoms with Crippen LogP contribution in [-0.2, 0) is 4.79 Å². The van der Waals surface area contributed by atoms with Crippen molar-refractivity contribution in [1.82, 2.24) is 15.4 Å². The molecular formula is C12H9N3O. The van der Waals surface area contributed by atoms with Crippen LogP contribution in [-0.4, -0.2) is 21.2 Å². The van der Waals surface area contributed by atoms with Crippen LogP contribution in [0.25, 0.3) is 16.6 Å². The highest BCUT2D eigenvalue weighted by atomic mass is 16.1. The molecule has 1 aromatic carbocycles. The van der Waals surface area contributed by atoms with Crippen LogP contribution < -0.4 is 0 Å². The fourth-order valence-corrected chi connectivity index (χ4v) is 1.87. The molecule has 0 unspecified atom stereocenters. The van der Waals surface area contributed by atoms with Gasteiger partial charge in [-0.3, -0.25) is 4.79 Å². The topological polar surface area (TPSA) is 58.6 Å². The largest absolute Gasteiger partial charge is 0.294 e. The number of hydrogen-bond donors (Lipinski definition) is 1. The lowest BCUT2D eigenvalue weighted by atomic mass is 9.95. The van der Waals surface area contributed by atoms with Crippen molar-refractivity contribution in [1.29, 1.82) is 0 Å². The molecule has 1 aliphatic rings. The molecule has 0 aliphatic heterocycles. The third-order valence-electron chi connectivity index (χ3n) is 2.64. The average Bonchev–Trinajstić information content (AvgIpc) is 2.77. The Labute approximate surface area is 91.7 Å². The molecule has 4 heteroatoms. The van der Waals surface area contributed by atoms with Gasteiger partial charge in [-0.1, -0.05) is 30.4 Å². The number of rotatable bonds is 1.